The average Bonchev–Trinajstić information content (AvgIpc) is 2.87. The van der Waals surface area contributed by atoms with Crippen LogP contribution in [0.25, 0.3) is 12.2 Å². The van der Waals surface area contributed by atoms with Crippen LogP contribution in [0.1, 0.15) is 21.5 Å². The van der Waals surface area contributed by atoms with Crippen LogP contribution >= 0.6 is 0 Å². The van der Waals surface area contributed by atoms with E-state index in [1.807, 2.05) is 42.5 Å². The first kappa shape index (κ1) is 24.3. The molecule has 34 heavy (non-hydrogen) atoms. The van der Waals surface area contributed by atoms with Crippen LogP contribution in [0.5, 0.6) is 28.7 Å². The molecule has 7 heteroatoms. The number of ether oxygens (including phenoxy) is 4. The molecular formula is C27H27NO6. The molecule has 0 spiro atoms. The molecule has 0 aromatic heterocycles. The number of methoxy groups -OCH3 is 4. The van der Waals surface area contributed by atoms with Crippen molar-refractivity contribution < 1.29 is 28.8 Å². The minimum atomic E-state index is -0.190. The number of benzene rings is 3. The van der Waals surface area contributed by atoms with Crippen molar-refractivity contribution in [2.24, 2.45) is 0 Å². The fraction of sp³-hybridized carbons (Fsp3) is 0.148. The molecule has 3 aromatic rings. The number of hydrogen-bond donors (Lipinski definition) is 2. The number of phenolic OH excluding ortho intramolecular Hbond substituents is 1. The highest BCUT2D eigenvalue weighted by Gasteiger charge is 2.12. The maximum atomic E-state index is 12.3. The fourth-order valence-corrected chi connectivity index (χ4v) is 3.26. The number of rotatable bonds is 10. The van der Waals surface area contributed by atoms with Gasteiger partial charge in [0.1, 0.15) is 11.5 Å². The third-order valence-electron chi connectivity index (χ3n) is 5.00. The Kier molecular flexibility index (Phi) is 8.18. The number of ketones is 1. The van der Waals surface area contributed by atoms with E-state index >= 15 is 0 Å². The first-order chi connectivity index (χ1) is 16.5. The van der Waals surface area contributed by atoms with Gasteiger partial charge in [-0.05, 0) is 59.7 Å². The Bertz CT molecular complexity index is 1170. The van der Waals surface area contributed by atoms with E-state index in [1.54, 1.807) is 46.8 Å². The van der Waals surface area contributed by atoms with E-state index in [-0.39, 0.29) is 11.5 Å². The van der Waals surface area contributed by atoms with Crippen LogP contribution in [0.2, 0.25) is 0 Å². The van der Waals surface area contributed by atoms with Gasteiger partial charge in [-0.3, -0.25) is 4.79 Å². The average molecular weight is 462 g/mol. The van der Waals surface area contributed by atoms with Crippen LogP contribution in [0.3, 0.4) is 0 Å². The van der Waals surface area contributed by atoms with Crippen molar-refractivity contribution in [1.29, 1.82) is 0 Å². The number of nitrogens with one attached hydrogen (secondary N) is 1. The van der Waals surface area contributed by atoms with Crippen molar-refractivity contribution in [3.8, 4) is 28.7 Å². The smallest absolute Gasteiger partial charge is 0.203 e. The molecule has 7 nitrogen and oxygen atoms in total. The van der Waals surface area contributed by atoms with Crippen molar-refractivity contribution in [2.75, 3.05) is 33.8 Å². The zero-order chi connectivity index (χ0) is 24.5. The lowest BCUT2D eigenvalue weighted by atomic mass is 10.1. The first-order valence-corrected chi connectivity index (χ1v) is 10.4. The molecule has 0 unspecified atom stereocenters. The summed E-state index contributed by atoms with van der Waals surface area (Å²) in [7, 11) is 6.30. The van der Waals surface area contributed by atoms with Crippen LogP contribution in [0.15, 0.2) is 66.9 Å². The summed E-state index contributed by atoms with van der Waals surface area (Å²) in [5.41, 5.74) is 2.96. The van der Waals surface area contributed by atoms with Gasteiger partial charge in [-0.25, -0.2) is 0 Å². The SMILES string of the molecule is COc1ccc(C=Cc2cc(OC)c(OC)c(OC)c2)cc1NC=CC(=O)c1ccc(O)cc1. The molecule has 0 atom stereocenters. The van der Waals surface area contributed by atoms with Gasteiger partial charge < -0.3 is 29.4 Å². The lowest BCUT2D eigenvalue weighted by Crippen LogP contribution is -1.97. The second kappa shape index (κ2) is 11.5. The van der Waals surface area contributed by atoms with Gasteiger partial charge in [0.15, 0.2) is 17.3 Å². The first-order valence-electron chi connectivity index (χ1n) is 10.4. The summed E-state index contributed by atoms with van der Waals surface area (Å²) in [6.45, 7) is 0. The lowest BCUT2D eigenvalue weighted by Gasteiger charge is -2.13. The topological polar surface area (TPSA) is 86.3 Å². The Balaban J connectivity index is 1.79. The van der Waals surface area contributed by atoms with Gasteiger partial charge in [0.25, 0.3) is 0 Å². The number of anilines is 1. The van der Waals surface area contributed by atoms with Gasteiger partial charge in [-0.15, -0.1) is 0 Å². The van der Waals surface area contributed by atoms with E-state index in [1.165, 1.54) is 18.2 Å². The molecule has 0 aliphatic rings. The molecule has 2 N–H and O–H groups in total. The van der Waals surface area contributed by atoms with Crippen molar-refractivity contribution in [3.63, 3.8) is 0 Å². The number of carbonyl (C=O) groups excluding carboxylic acids is 1. The minimum absolute atomic E-state index is 0.111. The van der Waals surface area contributed by atoms with Gasteiger partial charge in [0.2, 0.25) is 5.75 Å². The lowest BCUT2D eigenvalue weighted by molar-refractivity contribution is 0.104. The molecule has 0 bridgehead atoms. The molecular weight excluding hydrogens is 434 g/mol. The van der Waals surface area contributed by atoms with Crippen LogP contribution in [-0.4, -0.2) is 39.3 Å². The van der Waals surface area contributed by atoms with E-state index in [0.29, 0.717) is 34.2 Å². The Morgan fingerprint density at radius 2 is 1.38 bits per heavy atom. The molecule has 0 amide bonds. The maximum Gasteiger partial charge on any atom is 0.203 e. The van der Waals surface area contributed by atoms with Gasteiger partial charge >= 0.3 is 0 Å². The molecule has 3 aromatic carbocycles. The van der Waals surface area contributed by atoms with Crippen LogP contribution < -0.4 is 24.3 Å². The van der Waals surface area contributed by atoms with E-state index in [4.69, 9.17) is 18.9 Å². The predicted octanol–water partition coefficient (Wildman–Crippen LogP) is 5.41. The number of aromatic hydroxyl groups is 1. The Morgan fingerprint density at radius 3 is 1.97 bits per heavy atom. The zero-order valence-corrected chi connectivity index (χ0v) is 19.5. The van der Waals surface area contributed by atoms with E-state index in [0.717, 1.165) is 11.1 Å². The molecule has 0 fully saturated rings. The number of carbonyl (C=O) groups is 1. The maximum absolute atomic E-state index is 12.3. The zero-order valence-electron chi connectivity index (χ0n) is 19.5. The Labute approximate surface area is 198 Å². The van der Waals surface area contributed by atoms with E-state index in [2.05, 4.69) is 5.32 Å². The summed E-state index contributed by atoms with van der Waals surface area (Å²) in [5.74, 6) is 2.23. The third kappa shape index (κ3) is 5.89. The van der Waals surface area contributed by atoms with Crippen LogP contribution in [0, 0.1) is 0 Å². The van der Waals surface area contributed by atoms with Crippen LogP contribution in [0.4, 0.5) is 5.69 Å². The van der Waals surface area contributed by atoms with Crippen molar-refractivity contribution in [2.45, 2.75) is 0 Å². The summed E-state index contributed by atoms with van der Waals surface area (Å²) in [4.78, 5) is 12.3. The standard InChI is InChI=1S/C27H27NO6/c1-31-24-12-7-18(5-6-19-16-25(32-2)27(34-4)26(17-19)33-3)15-22(24)28-14-13-23(30)20-8-10-21(29)11-9-20/h5-17,28-29H,1-4H3. The third-order valence-corrected chi connectivity index (χ3v) is 5.00. The highest BCUT2D eigenvalue weighted by atomic mass is 16.5. The van der Waals surface area contributed by atoms with Crippen molar-refractivity contribution in [1.82, 2.24) is 0 Å². The second-order valence-corrected chi connectivity index (χ2v) is 7.14. The van der Waals surface area contributed by atoms with Gasteiger partial charge in [0, 0.05) is 17.8 Å². The Morgan fingerprint density at radius 1 is 0.765 bits per heavy atom. The molecule has 0 saturated heterocycles. The fourth-order valence-electron chi connectivity index (χ4n) is 3.26. The quantitative estimate of drug-likeness (QED) is 0.237. The number of hydrogen-bond acceptors (Lipinski definition) is 7. The van der Waals surface area contributed by atoms with Gasteiger partial charge in [-0.2, -0.15) is 0 Å². The van der Waals surface area contributed by atoms with Crippen LogP contribution in [-0.2, 0) is 0 Å². The molecule has 3 rings (SSSR count). The molecule has 0 saturated carbocycles. The summed E-state index contributed by atoms with van der Waals surface area (Å²) in [5, 5.41) is 12.5. The molecule has 0 heterocycles. The summed E-state index contributed by atoms with van der Waals surface area (Å²) >= 11 is 0. The highest BCUT2D eigenvalue weighted by molar-refractivity contribution is 6.04. The normalized spacial score (nSPS) is 10.9. The predicted molar refractivity (Wildman–Crippen MR) is 133 cm³/mol. The number of allylic oxidation sites excluding steroid dienone is 1. The highest BCUT2D eigenvalue weighted by Crippen LogP contribution is 2.38. The second-order valence-electron chi connectivity index (χ2n) is 7.14. The van der Waals surface area contributed by atoms with Crippen molar-refractivity contribution in [3.05, 3.63) is 83.6 Å². The molecule has 176 valence electrons. The summed E-state index contributed by atoms with van der Waals surface area (Å²) in [6.07, 6.45) is 6.85. The summed E-state index contributed by atoms with van der Waals surface area (Å²) < 4.78 is 21.6. The monoisotopic (exact) mass is 461 g/mol. The van der Waals surface area contributed by atoms with Gasteiger partial charge in [0.05, 0.1) is 34.1 Å². The van der Waals surface area contributed by atoms with Crippen molar-refractivity contribution >= 4 is 23.6 Å². The molecule has 0 aliphatic heterocycles. The number of phenols is 1. The Hall–Kier alpha value is -4.39. The molecule has 0 radical (unpaired) electrons. The van der Waals surface area contributed by atoms with E-state index in [9.17, 15) is 9.90 Å². The molecule has 0 aliphatic carbocycles. The minimum Gasteiger partial charge on any atom is -0.508 e. The summed E-state index contributed by atoms with van der Waals surface area (Å²) in [6, 6.07) is 15.5. The van der Waals surface area contributed by atoms with Gasteiger partial charge in [-0.1, -0.05) is 18.2 Å². The largest absolute Gasteiger partial charge is 0.508 e. The van der Waals surface area contributed by atoms with E-state index < -0.39 is 0 Å².